The molecular formula is C24H28FN3O2S2. The molecule has 3 aromatic rings. The molecule has 170 valence electrons. The number of thiazole rings is 1. The van der Waals surface area contributed by atoms with E-state index in [-0.39, 0.29) is 11.7 Å². The van der Waals surface area contributed by atoms with Gasteiger partial charge in [0, 0.05) is 31.1 Å². The molecule has 5 nitrogen and oxygen atoms in total. The summed E-state index contributed by atoms with van der Waals surface area (Å²) in [5.74, 6) is 0.0432. The van der Waals surface area contributed by atoms with Crippen molar-refractivity contribution in [1.82, 2.24) is 9.88 Å². The lowest BCUT2D eigenvalue weighted by Crippen LogP contribution is -2.39. The molecule has 0 saturated carbocycles. The number of carbonyl (C=O) groups is 1. The van der Waals surface area contributed by atoms with Crippen LogP contribution in [0.4, 0.5) is 9.52 Å². The lowest BCUT2D eigenvalue weighted by molar-refractivity contribution is -0.116. The molecule has 2 heterocycles. The molecule has 0 atom stereocenters. The molecule has 4 rings (SSSR count). The molecule has 1 aliphatic heterocycles. The number of ether oxygens (including phenoxy) is 1. The second-order valence-electron chi connectivity index (χ2n) is 7.75. The second kappa shape index (κ2) is 11.2. The van der Waals surface area contributed by atoms with E-state index in [0.29, 0.717) is 12.3 Å². The minimum Gasteiger partial charge on any atom is -0.379 e. The fourth-order valence-corrected chi connectivity index (χ4v) is 5.50. The maximum absolute atomic E-state index is 13.2. The Morgan fingerprint density at radius 2 is 2.00 bits per heavy atom. The predicted molar refractivity (Wildman–Crippen MR) is 130 cm³/mol. The van der Waals surface area contributed by atoms with Crippen molar-refractivity contribution in [2.45, 2.75) is 24.7 Å². The first-order chi connectivity index (χ1) is 15.6. The quantitative estimate of drug-likeness (QED) is 0.416. The Morgan fingerprint density at radius 3 is 2.75 bits per heavy atom. The van der Waals surface area contributed by atoms with Crippen LogP contribution in [0, 0.1) is 5.82 Å². The van der Waals surface area contributed by atoms with Crippen LogP contribution in [0.1, 0.15) is 18.9 Å². The summed E-state index contributed by atoms with van der Waals surface area (Å²) in [6, 6.07) is 12.6. The molecule has 0 spiro atoms. The molecule has 1 aromatic heterocycles. The van der Waals surface area contributed by atoms with Gasteiger partial charge in [-0.3, -0.25) is 14.6 Å². The van der Waals surface area contributed by atoms with E-state index in [1.807, 2.05) is 11.0 Å². The molecule has 1 amide bonds. The van der Waals surface area contributed by atoms with Crippen LogP contribution in [0.2, 0.25) is 0 Å². The molecule has 32 heavy (non-hydrogen) atoms. The highest BCUT2D eigenvalue weighted by Crippen LogP contribution is 2.31. The van der Waals surface area contributed by atoms with Crippen LogP contribution < -0.4 is 4.90 Å². The van der Waals surface area contributed by atoms with Gasteiger partial charge in [-0.15, -0.1) is 11.8 Å². The van der Waals surface area contributed by atoms with Crippen LogP contribution in [0.25, 0.3) is 10.2 Å². The number of amides is 1. The summed E-state index contributed by atoms with van der Waals surface area (Å²) in [6.45, 7) is 7.12. The number of halogens is 1. The standard InChI is InChI=1S/C24H28FN3O2S2/c1-2-18-4-9-21-22(16-18)32-24(26-21)28(11-3-10-27-12-14-30-15-13-27)23(29)17-31-20-7-5-19(25)6-8-20/h4-9,16H,2-3,10-15,17H2,1H3. The third-order valence-electron chi connectivity index (χ3n) is 5.52. The van der Waals surface area contributed by atoms with Gasteiger partial charge in [0.05, 0.1) is 29.2 Å². The minimum absolute atomic E-state index is 0.0241. The third kappa shape index (κ3) is 6.07. The summed E-state index contributed by atoms with van der Waals surface area (Å²) in [5, 5.41) is 0.750. The monoisotopic (exact) mass is 473 g/mol. The van der Waals surface area contributed by atoms with E-state index < -0.39 is 0 Å². The van der Waals surface area contributed by atoms with Crippen LogP contribution in [0.3, 0.4) is 0 Å². The van der Waals surface area contributed by atoms with E-state index in [0.717, 1.165) is 65.9 Å². The van der Waals surface area contributed by atoms with Crippen molar-refractivity contribution in [3.8, 4) is 0 Å². The van der Waals surface area contributed by atoms with Crippen LogP contribution in [0.15, 0.2) is 47.4 Å². The number of nitrogens with zero attached hydrogens (tertiary/aromatic N) is 3. The van der Waals surface area contributed by atoms with Gasteiger partial charge < -0.3 is 4.74 Å². The molecule has 1 aliphatic rings. The van der Waals surface area contributed by atoms with E-state index >= 15 is 0 Å². The first-order valence-electron chi connectivity index (χ1n) is 11.0. The van der Waals surface area contributed by atoms with E-state index in [1.165, 1.54) is 29.5 Å². The number of aryl methyl sites for hydroxylation is 1. The van der Waals surface area contributed by atoms with Crippen LogP contribution in [-0.2, 0) is 16.0 Å². The predicted octanol–water partition coefficient (Wildman–Crippen LogP) is 4.85. The van der Waals surface area contributed by atoms with Gasteiger partial charge in [0.25, 0.3) is 0 Å². The Balaban J connectivity index is 1.47. The molecule has 1 saturated heterocycles. The molecule has 0 bridgehead atoms. The van der Waals surface area contributed by atoms with Gasteiger partial charge in [-0.05, 0) is 54.8 Å². The number of anilines is 1. The van der Waals surface area contributed by atoms with Gasteiger partial charge in [-0.25, -0.2) is 9.37 Å². The van der Waals surface area contributed by atoms with Gasteiger partial charge in [0.2, 0.25) is 5.91 Å². The van der Waals surface area contributed by atoms with E-state index in [9.17, 15) is 9.18 Å². The topological polar surface area (TPSA) is 45.7 Å². The molecule has 0 unspecified atom stereocenters. The van der Waals surface area contributed by atoms with Gasteiger partial charge in [-0.2, -0.15) is 0 Å². The van der Waals surface area contributed by atoms with Gasteiger partial charge in [0.1, 0.15) is 5.82 Å². The van der Waals surface area contributed by atoms with Crippen LogP contribution >= 0.6 is 23.1 Å². The average Bonchev–Trinajstić information content (AvgIpc) is 3.24. The normalized spacial score (nSPS) is 14.7. The number of rotatable bonds is 9. The van der Waals surface area contributed by atoms with E-state index in [4.69, 9.17) is 9.72 Å². The van der Waals surface area contributed by atoms with Crippen LogP contribution in [0.5, 0.6) is 0 Å². The number of thioether (sulfide) groups is 1. The van der Waals surface area contributed by atoms with Crippen LogP contribution in [-0.4, -0.2) is 60.9 Å². The zero-order valence-electron chi connectivity index (χ0n) is 18.3. The largest absolute Gasteiger partial charge is 0.379 e. The lowest BCUT2D eigenvalue weighted by Gasteiger charge is -2.27. The Kier molecular flexibility index (Phi) is 8.13. The first kappa shape index (κ1) is 23.2. The summed E-state index contributed by atoms with van der Waals surface area (Å²) < 4.78 is 19.7. The van der Waals surface area contributed by atoms with Gasteiger partial charge >= 0.3 is 0 Å². The van der Waals surface area contributed by atoms with Crippen molar-refractivity contribution < 1.29 is 13.9 Å². The van der Waals surface area contributed by atoms with E-state index in [2.05, 4.69) is 24.0 Å². The summed E-state index contributed by atoms with van der Waals surface area (Å²) in [7, 11) is 0. The van der Waals surface area contributed by atoms with Crippen molar-refractivity contribution in [3.63, 3.8) is 0 Å². The first-order valence-corrected chi connectivity index (χ1v) is 12.8. The maximum Gasteiger partial charge on any atom is 0.239 e. The molecule has 1 fully saturated rings. The Morgan fingerprint density at radius 1 is 1.22 bits per heavy atom. The highest BCUT2D eigenvalue weighted by atomic mass is 32.2. The van der Waals surface area contributed by atoms with Crippen molar-refractivity contribution in [2.24, 2.45) is 0 Å². The summed E-state index contributed by atoms with van der Waals surface area (Å²) in [4.78, 5) is 23.1. The number of fused-ring (bicyclic) bond motifs is 1. The second-order valence-corrected chi connectivity index (χ2v) is 9.81. The fraction of sp³-hybridized carbons (Fsp3) is 0.417. The number of benzene rings is 2. The molecule has 0 radical (unpaired) electrons. The Hall–Kier alpha value is -2.00. The molecule has 8 heteroatoms. The Bertz CT molecular complexity index is 1040. The van der Waals surface area contributed by atoms with Crippen molar-refractivity contribution >= 4 is 44.4 Å². The SMILES string of the molecule is CCc1ccc2nc(N(CCCN3CCOCC3)C(=O)CSc3ccc(F)cc3)sc2c1. The highest BCUT2D eigenvalue weighted by Gasteiger charge is 2.21. The fourth-order valence-electron chi connectivity index (χ4n) is 3.65. The average molecular weight is 474 g/mol. The molecule has 0 aliphatic carbocycles. The number of hydrogen-bond donors (Lipinski definition) is 0. The summed E-state index contributed by atoms with van der Waals surface area (Å²) in [5.41, 5.74) is 2.20. The zero-order chi connectivity index (χ0) is 22.3. The lowest BCUT2D eigenvalue weighted by atomic mass is 10.2. The number of hydrogen-bond acceptors (Lipinski definition) is 6. The third-order valence-corrected chi connectivity index (χ3v) is 7.56. The number of aromatic nitrogens is 1. The highest BCUT2D eigenvalue weighted by molar-refractivity contribution is 8.00. The molecule has 2 aromatic carbocycles. The van der Waals surface area contributed by atoms with E-state index in [1.54, 1.807) is 23.5 Å². The minimum atomic E-state index is -0.272. The molecule has 0 N–H and O–H groups in total. The molecular weight excluding hydrogens is 445 g/mol. The maximum atomic E-state index is 13.2. The number of morpholine rings is 1. The number of carbonyl (C=O) groups excluding carboxylic acids is 1. The summed E-state index contributed by atoms with van der Waals surface area (Å²) >= 11 is 3.00. The van der Waals surface area contributed by atoms with Gasteiger partial charge in [0.15, 0.2) is 5.13 Å². The zero-order valence-corrected chi connectivity index (χ0v) is 19.9. The summed E-state index contributed by atoms with van der Waals surface area (Å²) in [6.07, 6.45) is 1.85. The van der Waals surface area contributed by atoms with Crippen molar-refractivity contribution in [3.05, 3.63) is 53.8 Å². The van der Waals surface area contributed by atoms with Crippen molar-refractivity contribution in [2.75, 3.05) is 50.0 Å². The Labute approximate surface area is 196 Å². The van der Waals surface area contributed by atoms with Crippen molar-refractivity contribution in [1.29, 1.82) is 0 Å². The van der Waals surface area contributed by atoms with Gasteiger partial charge in [-0.1, -0.05) is 24.3 Å². The smallest absolute Gasteiger partial charge is 0.239 e.